The maximum atomic E-state index is 12.2. The summed E-state index contributed by atoms with van der Waals surface area (Å²) in [6.07, 6.45) is 2.79. The monoisotopic (exact) mass is 570 g/mol. The molecule has 3 rings (SSSR count). The molecule has 0 aliphatic rings. The molecule has 0 spiro atoms. The molecule has 8 heteroatoms. The lowest BCUT2D eigenvalue weighted by atomic mass is 10.1. The zero-order valence-electron chi connectivity index (χ0n) is 14.2. The molecule has 3 aromatic rings. The van der Waals surface area contributed by atoms with E-state index in [1.54, 1.807) is 12.1 Å². The standard InChI is InChI=1S/C20H13Br3O5/c21-11-7-16(22)20(17(23)8-11)27-10-14-3-2-13(28-14)4-6-18(25)15-5-1-12(24)9-19(15)26/h1-9,24,26H,10H2/b6-4+. The Labute approximate surface area is 186 Å². The van der Waals surface area contributed by atoms with Crippen LogP contribution >= 0.6 is 47.8 Å². The Balaban J connectivity index is 1.66. The number of carbonyl (C=O) groups is 1. The van der Waals surface area contributed by atoms with E-state index in [1.807, 2.05) is 12.1 Å². The Morgan fingerprint density at radius 2 is 1.75 bits per heavy atom. The van der Waals surface area contributed by atoms with Crippen molar-refractivity contribution in [2.45, 2.75) is 6.61 Å². The van der Waals surface area contributed by atoms with E-state index in [9.17, 15) is 15.0 Å². The second-order valence-corrected chi connectivity index (χ2v) is 8.31. The van der Waals surface area contributed by atoms with Crippen LogP contribution in [0.2, 0.25) is 0 Å². The average Bonchev–Trinajstić information content (AvgIpc) is 3.06. The van der Waals surface area contributed by atoms with E-state index in [0.717, 1.165) is 19.5 Å². The van der Waals surface area contributed by atoms with Crippen molar-refractivity contribution in [2.75, 3.05) is 0 Å². The molecular weight excluding hydrogens is 560 g/mol. The van der Waals surface area contributed by atoms with Crippen LogP contribution in [0.5, 0.6) is 17.2 Å². The predicted molar refractivity (Wildman–Crippen MR) is 116 cm³/mol. The van der Waals surface area contributed by atoms with Crippen LogP contribution in [0.3, 0.4) is 0 Å². The molecule has 28 heavy (non-hydrogen) atoms. The highest BCUT2D eigenvalue weighted by Crippen LogP contribution is 2.37. The molecule has 2 aromatic carbocycles. The molecule has 0 radical (unpaired) electrons. The fourth-order valence-corrected chi connectivity index (χ4v) is 4.84. The van der Waals surface area contributed by atoms with E-state index in [-0.39, 0.29) is 23.7 Å². The highest BCUT2D eigenvalue weighted by molar-refractivity contribution is 9.11. The van der Waals surface area contributed by atoms with Gasteiger partial charge < -0.3 is 19.4 Å². The molecule has 5 nitrogen and oxygen atoms in total. The van der Waals surface area contributed by atoms with Gasteiger partial charge in [0, 0.05) is 10.5 Å². The molecule has 0 aliphatic heterocycles. The molecule has 2 N–H and O–H groups in total. The van der Waals surface area contributed by atoms with E-state index in [4.69, 9.17) is 9.15 Å². The molecular formula is C20H13Br3O5. The van der Waals surface area contributed by atoms with Crippen LogP contribution in [0.15, 0.2) is 66.4 Å². The van der Waals surface area contributed by atoms with Crippen molar-refractivity contribution in [1.29, 1.82) is 0 Å². The molecule has 0 fully saturated rings. The van der Waals surface area contributed by atoms with Gasteiger partial charge in [-0.15, -0.1) is 0 Å². The Morgan fingerprint density at radius 3 is 2.43 bits per heavy atom. The van der Waals surface area contributed by atoms with Crippen LogP contribution in [0.25, 0.3) is 6.08 Å². The first-order chi connectivity index (χ1) is 13.3. The van der Waals surface area contributed by atoms with E-state index in [1.165, 1.54) is 24.3 Å². The van der Waals surface area contributed by atoms with Crippen molar-refractivity contribution in [3.05, 3.63) is 79.0 Å². The van der Waals surface area contributed by atoms with E-state index in [0.29, 0.717) is 17.3 Å². The number of phenolic OH excluding ortho intramolecular Hbond substituents is 2. The summed E-state index contributed by atoms with van der Waals surface area (Å²) in [5.74, 6) is 0.899. The lowest BCUT2D eigenvalue weighted by molar-refractivity contribution is 0.104. The number of carbonyl (C=O) groups excluding carboxylic acids is 1. The van der Waals surface area contributed by atoms with Crippen molar-refractivity contribution in [1.82, 2.24) is 0 Å². The van der Waals surface area contributed by atoms with Crippen LogP contribution in [-0.4, -0.2) is 16.0 Å². The maximum Gasteiger partial charge on any atom is 0.189 e. The molecule has 144 valence electrons. The molecule has 0 amide bonds. The quantitative estimate of drug-likeness (QED) is 0.262. The summed E-state index contributed by atoms with van der Waals surface area (Å²) in [6, 6.07) is 11.0. The molecule has 0 unspecified atom stereocenters. The Kier molecular flexibility index (Phi) is 6.64. The van der Waals surface area contributed by atoms with Gasteiger partial charge in [0.25, 0.3) is 0 Å². The van der Waals surface area contributed by atoms with Gasteiger partial charge in [-0.3, -0.25) is 4.79 Å². The average molecular weight is 573 g/mol. The summed E-state index contributed by atoms with van der Waals surface area (Å²) in [5.41, 5.74) is 0.0918. The summed E-state index contributed by atoms with van der Waals surface area (Å²) in [5, 5.41) is 19.0. The second-order valence-electron chi connectivity index (χ2n) is 5.69. The van der Waals surface area contributed by atoms with Crippen molar-refractivity contribution < 1.29 is 24.2 Å². The van der Waals surface area contributed by atoms with Crippen LogP contribution < -0.4 is 4.74 Å². The number of halogens is 3. The first kappa shape index (κ1) is 20.7. The summed E-state index contributed by atoms with van der Waals surface area (Å²) >= 11 is 10.3. The van der Waals surface area contributed by atoms with Crippen molar-refractivity contribution in [3.63, 3.8) is 0 Å². The second kappa shape index (κ2) is 8.98. The number of allylic oxidation sites excluding steroid dienone is 1. The number of benzene rings is 2. The highest BCUT2D eigenvalue weighted by Gasteiger charge is 2.11. The molecule has 0 bridgehead atoms. The number of phenols is 2. The fraction of sp³-hybridized carbons (Fsp3) is 0.0500. The first-order valence-corrected chi connectivity index (χ1v) is 10.3. The van der Waals surface area contributed by atoms with Gasteiger partial charge in [-0.1, -0.05) is 15.9 Å². The van der Waals surface area contributed by atoms with Crippen molar-refractivity contribution in [2.24, 2.45) is 0 Å². The molecule has 0 atom stereocenters. The Hall–Kier alpha value is -2.03. The molecule has 0 saturated carbocycles. The number of ketones is 1. The maximum absolute atomic E-state index is 12.2. The molecule has 1 heterocycles. The zero-order chi connectivity index (χ0) is 20.3. The van der Waals surface area contributed by atoms with Crippen LogP contribution in [0.1, 0.15) is 21.9 Å². The predicted octanol–water partition coefficient (Wildman–Crippen LogP) is 6.45. The summed E-state index contributed by atoms with van der Waals surface area (Å²) in [7, 11) is 0. The van der Waals surface area contributed by atoms with Gasteiger partial charge in [0.2, 0.25) is 0 Å². The van der Waals surface area contributed by atoms with E-state index in [2.05, 4.69) is 47.8 Å². The SMILES string of the molecule is O=C(/C=C/c1ccc(COc2c(Br)cc(Br)cc2Br)o1)c1ccc(O)cc1O. The third kappa shape index (κ3) is 5.06. The van der Waals surface area contributed by atoms with Gasteiger partial charge in [0.1, 0.15) is 35.4 Å². The number of hydrogen-bond acceptors (Lipinski definition) is 5. The zero-order valence-corrected chi connectivity index (χ0v) is 18.9. The third-order valence-electron chi connectivity index (χ3n) is 3.65. The topological polar surface area (TPSA) is 79.9 Å². The number of aromatic hydroxyl groups is 2. The van der Waals surface area contributed by atoms with Gasteiger partial charge >= 0.3 is 0 Å². The smallest absolute Gasteiger partial charge is 0.189 e. The lowest BCUT2D eigenvalue weighted by Crippen LogP contribution is -1.95. The minimum absolute atomic E-state index is 0.0918. The third-order valence-corrected chi connectivity index (χ3v) is 5.29. The number of ether oxygens (including phenoxy) is 1. The van der Waals surface area contributed by atoms with Gasteiger partial charge in [-0.2, -0.15) is 0 Å². The highest BCUT2D eigenvalue weighted by atomic mass is 79.9. The van der Waals surface area contributed by atoms with Gasteiger partial charge in [-0.25, -0.2) is 0 Å². The fourth-order valence-electron chi connectivity index (χ4n) is 2.35. The van der Waals surface area contributed by atoms with E-state index >= 15 is 0 Å². The lowest BCUT2D eigenvalue weighted by Gasteiger charge is -2.09. The van der Waals surface area contributed by atoms with E-state index < -0.39 is 5.78 Å². The first-order valence-electron chi connectivity index (χ1n) is 7.94. The molecule has 1 aromatic heterocycles. The summed E-state index contributed by atoms with van der Waals surface area (Å²) in [4.78, 5) is 12.2. The summed E-state index contributed by atoms with van der Waals surface area (Å²) in [6.45, 7) is 0.208. The van der Waals surface area contributed by atoms with Crippen LogP contribution in [0, 0.1) is 0 Å². The molecule has 0 aliphatic carbocycles. The van der Waals surface area contributed by atoms with Gasteiger partial charge in [0.05, 0.1) is 14.5 Å². The van der Waals surface area contributed by atoms with Crippen molar-refractivity contribution >= 4 is 59.6 Å². The number of furan rings is 1. The Bertz CT molecular complexity index is 1030. The largest absolute Gasteiger partial charge is 0.508 e. The van der Waals surface area contributed by atoms with Crippen molar-refractivity contribution in [3.8, 4) is 17.2 Å². The minimum atomic E-state index is -0.408. The summed E-state index contributed by atoms with van der Waals surface area (Å²) < 4.78 is 13.9. The Morgan fingerprint density at radius 1 is 1.04 bits per heavy atom. The minimum Gasteiger partial charge on any atom is -0.508 e. The normalized spacial score (nSPS) is 11.1. The van der Waals surface area contributed by atoms with Crippen LogP contribution in [-0.2, 0) is 6.61 Å². The van der Waals surface area contributed by atoms with Crippen LogP contribution in [0.4, 0.5) is 0 Å². The van der Waals surface area contributed by atoms with Gasteiger partial charge in [0.15, 0.2) is 5.78 Å². The number of hydrogen-bond donors (Lipinski definition) is 2. The van der Waals surface area contributed by atoms with Gasteiger partial charge in [-0.05, 0) is 80.4 Å². The number of rotatable bonds is 6. The molecule has 0 saturated heterocycles.